The highest BCUT2D eigenvalue weighted by atomic mass is 35.5. The number of hydrogen-bond acceptors (Lipinski definition) is 3. The number of amides is 1. The van der Waals surface area contributed by atoms with Gasteiger partial charge in [0.1, 0.15) is 23.5 Å². The molecule has 0 aliphatic rings. The molecule has 1 amide bonds. The zero-order chi connectivity index (χ0) is 21.2. The van der Waals surface area contributed by atoms with Crippen molar-refractivity contribution >= 4 is 45.1 Å². The molecule has 0 saturated heterocycles. The second kappa shape index (κ2) is 8.17. The summed E-state index contributed by atoms with van der Waals surface area (Å²) in [5.41, 5.74) is 3.69. The van der Waals surface area contributed by atoms with Crippen LogP contribution in [0.1, 0.15) is 15.9 Å². The molecule has 4 aromatic carbocycles. The maximum absolute atomic E-state index is 12.7. The minimum atomic E-state index is -0.201. The summed E-state index contributed by atoms with van der Waals surface area (Å²) in [5, 5.41) is 5.67. The van der Waals surface area contributed by atoms with Gasteiger partial charge in [0, 0.05) is 38.7 Å². The molecule has 0 atom stereocenters. The molecule has 0 radical (unpaired) electrons. The Morgan fingerprint density at radius 1 is 0.839 bits per heavy atom. The third-order valence-electron chi connectivity index (χ3n) is 5.11. The number of fused-ring (bicyclic) bond motifs is 3. The minimum absolute atomic E-state index is 0.201. The molecule has 31 heavy (non-hydrogen) atoms. The summed E-state index contributed by atoms with van der Waals surface area (Å²) in [4.78, 5) is 12.7. The van der Waals surface area contributed by atoms with Gasteiger partial charge in [-0.05, 0) is 48.5 Å². The van der Waals surface area contributed by atoms with E-state index in [0.29, 0.717) is 28.6 Å². The molecule has 0 bridgehead atoms. The Labute approximate surface area is 184 Å². The van der Waals surface area contributed by atoms with E-state index in [9.17, 15) is 4.79 Å². The van der Waals surface area contributed by atoms with E-state index in [1.807, 2.05) is 66.7 Å². The van der Waals surface area contributed by atoms with Gasteiger partial charge < -0.3 is 14.5 Å². The van der Waals surface area contributed by atoms with Gasteiger partial charge in [0.2, 0.25) is 0 Å². The molecule has 1 heterocycles. The molecule has 0 aliphatic carbocycles. The molecule has 0 spiro atoms. The standard InChI is InChI=1S/C26H18ClNO3/c27-23-7-3-1-5-18(23)16-30-20-12-9-17(10-13-20)26(29)28-19-11-14-22-21-6-2-4-8-24(21)31-25(22)15-19/h1-15H,16H2,(H,28,29). The number of benzene rings is 4. The van der Waals surface area contributed by atoms with E-state index in [1.165, 1.54) is 0 Å². The number of ether oxygens (including phenoxy) is 1. The predicted molar refractivity (Wildman–Crippen MR) is 124 cm³/mol. The third kappa shape index (κ3) is 3.98. The smallest absolute Gasteiger partial charge is 0.255 e. The summed E-state index contributed by atoms with van der Waals surface area (Å²) in [6, 6.07) is 28.1. The van der Waals surface area contributed by atoms with Crippen molar-refractivity contribution in [1.29, 1.82) is 0 Å². The van der Waals surface area contributed by atoms with Crippen molar-refractivity contribution in [2.75, 3.05) is 5.32 Å². The lowest BCUT2D eigenvalue weighted by Crippen LogP contribution is -2.11. The Bertz CT molecular complexity index is 1390. The molecule has 1 N–H and O–H groups in total. The fraction of sp³-hybridized carbons (Fsp3) is 0.0385. The van der Waals surface area contributed by atoms with Crippen molar-refractivity contribution in [2.24, 2.45) is 0 Å². The molecule has 4 nitrogen and oxygen atoms in total. The summed E-state index contributed by atoms with van der Waals surface area (Å²) in [5.74, 6) is 0.466. The molecule has 0 fully saturated rings. The zero-order valence-electron chi connectivity index (χ0n) is 16.5. The molecular weight excluding hydrogens is 410 g/mol. The van der Waals surface area contributed by atoms with Gasteiger partial charge >= 0.3 is 0 Å². The highest BCUT2D eigenvalue weighted by Gasteiger charge is 2.10. The number of hydrogen-bond donors (Lipinski definition) is 1. The zero-order valence-corrected chi connectivity index (χ0v) is 17.2. The second-order valence-electron chi connectivity index (χ2n) is 7.17. The highest BCUT2D eigenvalue weighted by Crippen LogP contribution is 2.30. The first-order valence-corrected chi connectivity index (χ1v) is 10.2. The van der Waals surface area contributed by atoms with Crippen LogP contribution in [0, 0.1) is 0 Å². The lowest BCUT2D eigenvalue weighted by Gasteiger charge is -2.09. The first kappa shape index (κ1) is 19.2. The van der Waals surface area contributed by atoms with Crippen LogP contribution < -0.4 is 10.1 Å². The van der Waals surface area contributed by atoms with Gasteiger partial charge in [-0.15, -0.1) is 0 Å². The number of carbonyl (C=O) groups is 1. The van der Waals surface area contributed by atoms with Crippen molar-refractivity contribution in [3.63, 3.8) is 0 Å². The van der Waals surface area contributed by atoms with E-state index in [4.69, 9.17) is 20.8 Å². The van der Waals surface area contributed by atoms with Crippen LogP contribution >= 0.6 is 11.6 Å². The number of rotatable bonds is 5. The number of anilines is 1. The average Bonchev–Trinajstić information content (AvgIpc) is 3.16. The van der Waals surface area contributed by atoms with Gasteiger partial charge in [-0.2, -0.15) is 0 Å². The normalized spacial score (nSPS) is 11.0. The van der Waals surface area contributed by atoms with Gasteiger partial charge in [-0.3, -0.25) is 4.79 Å². The third-order valence-corrected chi connectivity index (χ3v) is 5.47. The van der Waals surface area contributed by atoms with Gasteiger partial charge in [0.15, 0.2) is 0 Å². The Kier molecular flexibility index (Phi) is 5.06. The number of halogens is 1. The van der Waals surface area contributed by atoms with Gasteiger partial charge in [-0.1, -0.05) is 48.0 Å². The SMILES string of the molecule is O=C(Nc1ccc2c(c1)oc1ccccc12)c1ccc(OCc2ccccc2Cl)cc1. The van der Waals surface area contributed by atoms with Crippen LogP contribution in [0.4, 0.5) is 5.69 Å². The quantitative estimate of drug-likeness (QED) is 0.326. The van der Waals surface area contributed by atoms with Crippen LogP contribution in [0.25, 0.3) is 21.9 Å². The summed E-state index contributed by atoms with van der Waals surface area (Å²) >= 11 is 6.15. The van der Waals surface area contributed by atoms with Gasteiger partial charge in [0.05, 0.1) is 0 Å². The molecule has 0 aliphatic heterocycles. The Balaban J connectivity index is 1.28. The van der Waals surface area contributed by atoms with E-state index in [0.717, 1.165) is 27.5 Å². The summed E-state index contributed by atoms with van der Waals surface area (Å²) in [7, 11) is 0. The van der Waals surface area contributed by atoms with Crippen LogP contribution in [0.5, 0.6) is 5.75 Å². The second-order valence-corrected chi connectivity index (χ2v) is 7.57. The van der Waals surface area contributed by atoms with E-state index >= 15 is 0 Å². The average molecular weight is 428 g/mol. The van der Waals surface area contributed by atoms with E-state index in [-0.39, 0.29) is 5.91 Å². The summed E-state index contributed by atoms with van der Waals surface area (Å²) in [6.45, 7) is 0.364. The van der Waals surface area contributed by atoms with Crippen LogP contribution in [0.15, 0.2) is 95.4 Å². The van der Waals surface area contributed by atoms with Crippen LogP contribution in [0.2, 0.25) is 5.02 Å². The maximum atomic E-state index is 12.7. The fourth-order valence-electron chi connectivity index (χ4n) is 3.49. The maximum Gasteiger partial charge on any atom is 0.255 e. The summed E-state index contributed by atoms with van der Waals surface area (Å²) < 4.78 is 11.7. The van der Waals surface area contributed by atoms with Crippen LogP contribution in [0.3, 0.4) is 0 Å². The molecule has 5 rings (SSSR count). The van der Waals surface area contributed by atoms with E-state index in [2.05, 4.69) is 5.32 Å². The minimum Gasteiger partial charge on any atom is -0.489 e. The first-order valence-electron chi connectivity index (χ1n) is 9.86. The lowest BCUT2D eigenvalue weighted by atomic mass is 10.1. The number of carbonyl (C=O) groups excluding carboxylic acids is 1. The molecule has 0 unspecified atom stereocenters. The van der Waals surface area contributed by atoms with Gasteiger partial charge in [0.25, 0.3) is 5.91 Å². The number of nitrogens with one attached hydrogen (secondary N) is 1. The topological polar surface area (TPSA) is 51.5 Å². The number of para-hydroxylation sites is 1. The van der Waals surface area contributed by atoms with Crippen molar-refractivity contribution in [3.8, 4) is 5.75 Å². The van der Waals surface area contributed by atoms with E-state index < -0.39 is 0 Å². The van der Waals surface area contributed by atoms with Crippen molar-refractivity contribution < 1.29 is 13.9 Å². The molecule has 152 valence electrons. The molecule has 5 aromatic rings. The molecule has 0 saturated carbocycles. The Morgan fingerprint density at radius 2 is 1.58 bits per heavy atom. The van der Waals surface area contributed by atoms with Crippen molar-refractivity contribution in [3.05, 3.63) is 107 Å². The van der Waals surface area contributed by atoms with E-state index in [1.54, 1.807) is 24.3 Å². The summed E-state index contributed by atoms with van der Waals surface area (Å²) in [6.07, 6.45) is 0. The predicted octanol–water partition coefficient (Wildman–Crippen LogP) is 7.07. The monoisotopic (exact) mass is 427 g/mol. The highest BCUT2D eigenvalue weighted by molar-refractivity contribution is 6.31. The lowest BCUT2D eigenvalue weighted by molar-refractivity contribution is 0.102. The Morgan fingerprint density at radius 3 is 2.42 bits per heavy atom. The Hall–Kier alpha value is -3.76. The van der Waals surface area contributed by atoms with Crippen molar-refractivity contribution in [1.82, 2.24) is 0 Å². The largest absolute Gasteiger partial charge is 0.489 e. The molecule has 5 heteroatoms. The first-order chi connectivity index (χ1) is 15.2. The number of furan rings is 1. The van der Waals surface area contributed by atoms with Gasteiger partial charge in [-0.25, -0.2) is 0 Å². The van der Waals surface area contributed by atoms with Crippen LogP contribution in [-0.2, 0) is 6.61 Å². The fourth-order valence-corrected chi connectivity index (χ4v) is 3.68. The van der Waals surface area contributed by atoms with Crippen LogP contribution in [-0.4, -0.2) is 5.91 Å². The molecular formula is C26H18ClNO3. The molecule has 1 aromatic heterocycles. The van der Waals surface area contributed by atoms with Crippen molar-refractivity contribution in [2.45, 2.75) is 6.61 Å².